The molecule has 3 rings (SSSR count). The van der Waals surface area contributed by atoms with Gasteiger partial charge in [0.25, 0.3) is 0 Å². The number of aliphatic hydroxyl groups is 2. The molecular weight excluding hydrogens is 410 g/mol. The summed E-state index contributed by atoms with van der Waals surface area (Å²) >= 11 is 0. The molecule has 2 fully saturated rings. The first-order valence-corrected chi connectivity index (χ1v) is 11.6. The van der Waals surface area contributed by atoms with E-state index in [4.69, 9.17) is 0 Å². The molecule has 0 spiro atoms. The number of carboxylic acids is 1. The highest BCUT2D eigenvalue weighted by molar-refractivity contribution is 6.07. The first-order valence-electron chi connectivity index (χ1n) is 11.6. The van der Waals surface area contributed by atoms with Gasteiger partial charge in [-0.3, -0.25) is 9.59 Å². The number of carbonyl (C=O) groups excluding carboxylic acids is 2. The normalized spacial score (nSPS) is 38.6. The number of aliphatic carboxylic acids is 1. The van der Waals surface area contributed by atoms with Gasteiger partial charge in [-0.2, -0.15) is 0 Å². The van der Waals surface area contributed by atoms with E-state index in [0.29, 0.717) is 11.8 Å². The van der Waals surface area contributed by atoms with Crippen molar-refractivity contribution in [3.05, 3.63) is 23.8 Å². The lowest BCUT2D eigenvalue weighted by molar-refractivity contribution is -0.155. The van der Waals surface area contributed by atoms with Crippen LogP contribution in [-0.4, -0.2) is 63.7 Å². The third-order valence-electron chi connectivity index (χ3n) is 8.28. The van der Waals surface area contributed by atoms with E-state index in [1.807, 2.05) is 13.8 Å². The van der Waals surface area contributed by atoms with Crippen LogP contribution in [0.15, 0.2) is 23.8 Å². The van der Waals surface area contributed by atoms with Crippen LogP contribution >= 0.6 is 0 Å². The third kappa shape index (κ3) is 3.94. The molecule has 0 aromatic heterocycles. The fourth-order valence-corrected chi connectivity index (χ4v) is 6.77. The number of nitrogens with zero attached hydrogens (tertiary/aromatic N) is 1. The number of hydrogen-bond donors (Lipinski definition) is 3. The number of amides is 1. The number of Topliss-reactive ketones (excluding diaryl/α,β-unsaturated/α-hetero) is 1. The van der Waals surface area contributed by atoms with Crippen molar-refractivity contribution >= 4 is 17.7 Å². The van der Waals surface area contributed by atoms with Crippen molar-refractivity contribution in [3.8, 4) is 0 Å². The van der Waals surface area contributed by atoms with Gasteiger partial charge in [0.05, 0.1) is 12.7 Å². The van der Waals surface area contributed by atoms with Crippen molar-refractivity contribution in [3.63, 3.8) is 0 Å². The number of fused-ring (bicyclic) bond motifs is 3. The summed E-state index contributed by atoms with van der Waals surface area (Å²) in [5.74, 6) is -2.71. The zero-order valence-corrected chi connectivity index (χ0v) is 19.7. The molecule has 7 nitrogen and oxygen atoms in total. The first kappa shape index (κ1) is 24.6. The van der Waals surface area contributed by atoms with Gasteiger partial charge in [-0.1, -0.05) is 44.1 Å². The van der Waals surface area contributed by atoms with Gasteiger partial charge in [-0.05, 0) is 50.4 Å². The van der Waals surface area contributed by atoms with Crippen molar-refractivity contribution < 1.29 is 29.7 Å². The average molecular weight is 448 g/mol. The van der Waals surface area contributed by atoms with E-state index in [9.17, 15) is 29.7 Å². The zero-order chi connectivity index (χ0) is 24.0. The summed E-state index contributed by atoms with van der Waals surface area (Å²) < 4.78 is 0. The molecule has 3 aliphatic rings. The lowest BCUT2D eigenvalue weighted by Crippen LogP contribution is -2.50. The van der Waals surface area contributed by atoms with Crippen LogP contribution in [0.25, 0.3) is 0 Å². The molecule has 1 unspecified atom stereocenters. The van der Waals surface area contributed by atoms with Gasteiger partial charge < -0.3 is 20.2 Å². The van der Waals surface area contributed by atoms with E-state index in [0.717, 1.165) is 29.7 Å². The summed E-state index contributed by atoms with van der Waals surface area (Å²) in [6.45, 7) is 7.14. The maximum absolute atomic E-state index is 14.0. The van der Waals surface area contributed by atoms with Crippen LogP contribution in [0.2, 0.25) is 0 Å². The molecule has 0 radical (unpaired) electrons. The maximum Gasteiger partial charge on any atom is 0.328 e. The smallest absolute Gasteiger partial charge is 0.328 e. The van der Waals surface area contributed by atoms with Crippen LogP contribution in [0.4, 0.5) is 0 Å². The third-order valence-corrected chi connectivity index (χ3v) is 8.28. The molecule has 0 aromatic rings. The van der Waals surface area contributed by atoms with E-state index in [2.05, 4.69) is 13.0 Å². The standard InChI is InChI=1S/C25H37NO6/c1-13-6-9-18-16(10-13)11-14(2)21-17(8-7-15(3)28)20(22(29)25(18,21)4)23(30)26(5)19(12-27)24(31)32/h7-8,11,13,15-21,27-28H,6,9-10,12H2,1-5H3,(H,31,32)/b8-7+/t13-,15?,16+,17-,18-,19+,20-,21+,25+/m0/s1. The molecule has 32 heavy (non-hydrogen) atoms. The van der Waals surface area contributed by atoms with Crippen LogP contribution < -0.4 is 0 Å². The predicted octanol–water partition coefficient (Wildman–Crippen LogP) is 2.28. The molecule has 3 N–H and O–H groups in total. The summed E-state index contributed by atoms with van der Waals surface area (Å²) in [7, 11) is 1.33. The molecule has 7 heteroatoms. The number of carbonyl (C=O) groups is 3. The Morgan fingerprint density at radius 1 is 1.34 bits per heavy atom. The second kappa shape index (κ2) is 9.10. The molecule has 9 atom stereocenters. The van der Waals surface area contributed by atoms with Crippen LogP contribution in [0, 0.1) is 40.9 Å². The topological polar surface area (TPSA) is 115 Å². The highest BCUT2D eigenvalue weighted by Crippen LogP contribution is 2.62. The lowest BCUT2D eigenvalue weighted by Gasteiger charge is -2.50. The van der Waals surface area contributed by atoms with Crippen molar-refractivity contribution in [1.82, 2.24) is 4.90 Å². The van der Waals surface area contributed by atoms with Gasteiger partial charge in [-0.25, -0.2) is 4.79 Å². The van der Waals surface area contributed by atoms with Crippen molar-refractivity contribution in [2.45, 2.75) is 59.1 Å². The van der Waals surface area contributed by atoms with E-state index in [1.54, 1.807) is 19.1 Å². The minimum atomic E-state index is -1.41. The number of hydrogen-bond acceptors (Lipinski definition) is 5. The molecule has 178 valence electrons. The Kier molecular flexibility index (Phi) is 7.01. The van der Waals surface area contributed by atoms with Gasteiger partial charge in [0.1, 0.15) is 5.92 Å². The maximum atomic E-state index is 14.0. The Morgan fingerprint density at radius 2 is 2.00 bits per heavy atom. The monoisotopic (exact) mass is 447 g/mol. The summed E-state index contributed by atoms with van der Waals surface area (Å²) in [5, 5.41) is 28.8. The molecule has 0 heterocycles. The SMILES string of the molecule is CC1=C[C@H]2C[C@@H](C)CC[C@@H]2[C@@]2(C)C(=O)[C@@H](C(=O)N(C)[C@H](CO)C(=O)O)[C@H](/C=C/C(C)O)[C@@H]12. The van der Waals surface area contributed by atoms with E-state index in [1.165, 1.54) is 7.05 Å². The molecule has 2 saturated carbocycles. The lowest BCUT2D eigenvalue weighted by atomic mass is 9.53. The molecular formula is C25H37NO6. The molecule has 0 bridgehead atoms. The number of likely N-dealkylation sites (N-methyl/N-ethyl adjacent to an activating group) is 1. The summed E-state index contributed by atoms with van der Waals surface area (Å²) in [6, 6.07) is -1.41. The minimum Gasteiger partial charge on any atom is -0.480 e. The Balaban J connectivity index is 2.09. The van der Waals surface area contributed by atoms with Crippen LogP contribution in [0.3, 0.4) is 0 Å². The highest BCUT2D eigenvalue weighted by atomic mass is 16.4. The van der Waals surface area contributed by atoms with E-state index < -0.39 is 47.9 Å². The largest absolute Gasteiger partial charge is 0.480 e. The van der Waals surface area contributed by atoms with Gasteiger partial charge in [0.15, 0.2) is 11.8 Å². The Bertz CT molecular complexity index is 832. The van der Waals surface area contributed by atoms with E-state index >= 15 is 0 Å². The summed E-state index contributed by atoms with van der Waals surface area (Å²) in [4.78, 5) is 40.1. The highest BCUT2D eigenvalue weighted by Gasteiger charge is 2.65. The second-order valence-electron chi connectivity index (χ2n) is 10.4. The predicted molar refractivity (Wildman–Crippen MR) is 119 cm³/mol. The molecule has 0 aliphatic heterocycles. The van der Waals surface area contributed by atoms with Crippen LogP contribution in [-0.2, 0) is 14.4 Å². The second-order valence-corrected chi connectivity index (χ2v) is 10.4. The summed E-state index contributed by atoms with van der Waals surface area (Å²) in [5.41, 5.74) is 0.363. The molecule has 1 amide bonds. The number of carboxylic acid groups (broad SMARTS) is 1. The van der Waals surface area contributed by atoms with Crippen molar-refractivity contribution in [1.29, 1.82) is 0 Å². The van der Waals surface area contributed by atoms with E-state index in [-0.39, 0.29) is 17.6 Å². The molecule has 0 aromatic carbocycles. The average Bonchev–Trinajstić information content (AvgIpc) is 2.93. The number of ketones is 1. The molecule has 3 aliphatic carbocycles. The minimum absolute atomic E-state index is 0.138. The number of aliphatic hydroxyl groups excluding tert-OH is 2. The molecule has 0 saturated heterocycles. The fraction of sp³-hybridized carbons (Fsp3) is 0.720. The number of allylic oxidation sites excluding steroid dienone is 3. The fourth-order valence-electron chi connectivity index (χ4n) is 6.77. The summed E-state index contributed by atoms with van der Waals surface area (Å²) in [6.07, 6.45) is 7.92. The van der Waals surface area contributed by atoms with Crippen LogP contribution in [0.5, 0.6) is 0 Å². The Labute approximate surface area is 190 Å². The number of rotatable bonds is 6. The Hall–Kier alpha value is -1.99. The first-order chi connectivity index (χ1) is 14.9. The van der Waals surface area contributed by atoms with Crippen LogP contribution in [0.1, 0.15) is 47.0 Å². The van der Waals surface area contributed by atoms with Gasteiger partial charge in [-0.15, -0.1) is 0 Å². The van der Waals surface area contributed by atoms with Crippen molar-refractivity contribution in [2.24, 2.45) is 40.9 Å². The van der Waals surface area contributed by atoms with Gasteiger partial charge in [0.2, 0.25) is 5.91 Å². The quantitative estimate of drug-likeness (QED) is 0.425. The van der Waals surface area contributed by atoms with Crippen molar-refractivity contribution in [2.75, 3.05) is 13.7 Å². The zero-order valence-electron chi connectivity index (χ0n) is 19.7. The Morgan fingerprint density at radius 3 is 2.56 bits per heavy atom. The van der Waals surface area contributed by atoms with Gasteiger partial charge >= 0.3 is 5.97 Å². The van der Waals surface area contributed by atoms with Gasteiger partial charge in [0, 0.05) is 18.4 Å².